The molecule has 142 valence electrons. The molecule has 3 heterocycles. The summed E-state index contributed by atoms with van der Waals surface area (Å²) in [7, 11) is 0. The number of quaternary nitrogens is 1. The molecule has 0 aliphatic carbocycles. The molecule has 2 aromatic carbocycles. The van der Waals surface area contributed by atoms with Gasteiger partial charge in [0, 0.05) is 0 Å². The Morgan fingerprint density at radius 1 is 1.14 bits per heavy atom. The number of nitrogens with one attached hydrogen (secondary N) is 1. The van der Waals surface area contributed by atoms with E-state index in [1.54, 1.807) is 12.1 Å². The maximum atomic E-state index is 13.2. The number of benzene rings is 2. The van der Waals surface area contributed by atoms with E-state index in [1.807, 2.05) is 24.3 Å². The predicted molar refractivity (Wildman–Crippen MR) is 108 cm³/mol. The fourth-order valence-electron chi connectivity index (χ4n) is 3.64. The largest absolute Gasteiger partial charge is 0.507 e. The van der Waals surface area contributed by atoms with Crippen molar-refractivity contribution in [2.45, 2.75) is 6.54 Å². The number of thiazole rings is 1. The van der Waals surface area contributed by atoms with E-state index in [1.165, 1.54) is 22.5 Å². The van der Waals surface area contributed by atoms with Crippen LogP contribution in [0.5, 0.6) is 5.75 Å². The molecular formula is C21H19N2O4S+. The van der Waals surface area contributed by atoms with E-state index >= 15 is 0 Å². The zero-order chi connectivity index (χ0) is 19.1. The number of hydrogen-bond donors (Lipinski definition) is 2. The highest BCUT2D eigenvalue weighted by Crippen LogP contribution is 2.31. The predicted octanol–water partition coefficient (Wildman–Crippen LogP) is 2.19. The van der Waals surface area contributed by atoms with E-state index in [-0.39, 0.29) is 11.2 Å². The Bertz CT molecular complexity index is 1190. The second-order valence-corrected chi connectivity index (χ2v) is 7.97. The molecule has 5 rings (SSSR count). The number of hydrogen-bond acceptors (Lipinski definition) is 6. The molecule has 1 aliphatic heterocycles. The fraction of sp³-hybridized carbons (Fsp3) is 0.238. The molecule has 2 aromatic heterocycles. The summed E-state index contributed by atoms with van der Waals surface area (Å²) in [6.07, 6.45) is 1.47. The maximum Gasteiger partial charge on any atom is 0.202 e. The van der Waals surface area contributed by atoms with E-state index in [9.17, 15) is 9.90 Å². The standard InChI is InChI=1S/C21H18N2O4S/c24-17-6-5-13-19(25)15(21-22-16-3-1-2-4-18(16)28-21)12-27-20(13)14(17)11-23-7-9-26-10-8-23/h1-6,12,24H,7-11H2/p+1. The molecule has 0 bridgehead atoms. The van der Waals surface area contributed by atoms with Gasteiger partial charge in [-0.15, -0.1) is 11.3 Å². The SMILES string of the molecule is O=c1c(-c2nc3ccccc3s2)coc2c(C[NH+]3CCOCC3)c(O)ccc12. The van der Waals surface area contributed by atoms with Gasteiger partial charge in [-0.1, -0.05) is 12.1 Å². The first-order chi connectivity index (χ1) is 13.7. The van der Waals surface area contributed by atoms with E-state index in [4.69, 9.17) is 9.15 Å². The molecule has 7 heteroatoms. The summed E-state index contributed by atoms with van der Waals surface area (Å²) in [5.74, 6) is 0.155. The van der Waals surface area contributed by atoms with Crippen LogP contribution >= 0.6 is 11.3 Å². The second kappa shape index (κ2) is 7.01. The summed E-state index contributed by atoms with van der Waals surface area (Å²) in [4.78, 5) is 19.0. The first-order valence-electron chi connectivity index (χ1n) is 9.24. The van der Waals surface area contributed by atoms with Gasteiger partial charge in [0.05, 0.1) is 39.9 Å². The van der Waals surface area contributed by atoms with E-state index in [0.29, 0.717) is 46.9 Å². The highest BCUT2D eigenvalue weighted by Gasteiger charge is 2.22. The summed E-state index contributed by atoms with van der Waals surface area (Å²) >= 11 is 1.47. The van der Waals surface area contributed by atoms with Gasteiger partial charge < -0.3 is 19.2 Å². The average Bonchev–Trinajstić information content (AvgIpc) is 3.15. The first-order valence-corrected chi connectivity index (χ1v) is 10.1. The van der Waals surface area contributed by atoms with Crippen molar-refractivity contribution in [3.63, 3.8) is 0 Å². The van der Waals surface area contributed by atoms with Crippen LogP contribution in [0.2, 0.25) is 0 Å². The summed E-state index contributed by atoms with van der Waals surface area (Å²) in [6, 6.07) is 11.0. The number of para-hydroxylation sites is 1. The van der Waals surface area contributed by atoms with Crippen molar-refractivity contribution < 1.29 is 19.2 Å². The van der Waals surface area contributed by atoms with Gasteiger partial charge in [0.1, 0.15) is 42.2 Å². The lowest BCUT2D eigenvalue weighted by Crippen LogP contribution is -3.12. The van der Waals surface area contributed by atoms with Gasteiger partial charge in [-0.05, 0) is 24.3 Å². The topological polar surface area (TPSA) is 77.0 Å². The zero-order valence-electron chi connectivity index (χ0n) is 15.1. The maximum absolute atomic E-state index is 13.2. The number of phenolic OH excluding ortho intramolecular Hbond substituents is 1. The first kappa shape index (κ1) is 17.4. The smallest absolute Gasteiger partial charge is 0.202 e. The molecular weight excluding hydrogens is 376 g/mol. The molecule has 1 fully saturated rings. The summed E-state index contributed by atoms with van der Waals surface area (Å²) in [5.41, 5.74) is 2.31. The van der Waals surface area contributed by atoms with Crippen molar-refractivity contribution in [3.8, 4) is 16.3 Å². The van der Waals surface area contributed by atoms with Crippen molar-refractivity contribution in [2.75, 3.05) is 26.3 Å². The second-order valence-electron chi connectivity index (χ2n) is 6.94. The Balaban J connectivity index is 1.61. The van der Waals surface area contributed by atoms with Gasteiger partial charge in [-0.25, -0.2) is 4.98 Å². The van der Waals surface area contributed by atoms with Crippen molar-refractivity contribution in [1.82, 2.24) is 4.98 Å². The van der Waals surface area contributed by atoms with E-state index in [0.717, 1.165) is 23.3 Å². The monoisotopic (exact) mass is 395 g/mol. The minimum absolute atomic E-state index is 0.126. The van der Waals surface area contributed by atoms with Gasteiger partial charge in [0.25, 0.3) is 0 Å². The van der Waals surface area contributed by atoms with E-state index < -0.39 is 0 Å². The van der Waals surface area contributed by atoms with Crippen molar-refractivity contribution in [2.24, 2.45) is 0 Å². The third-order valence-electron chi connectivity index (χ3n) is 5.17. The molecule has 6 nitrogen and oxygen atoms in total. The van der Waals surface area contributed by atoms with Crippen LogP contribution in [0, 0.1) is 0 Å². The third-order valence-corrected chi connectivity index (χ3v) is 6.24. The number of ether oxygens (including phenoxy) is 1. The summed E-state index contributed by atoms with van der Waals surface area (Å²) in [5, 5.41) is 11.5. The fourth-order valence-corrected chi connectivity index (χ4v) is 4.61. The Morgan fingerprint density at radius 2 is 1.96 bits per heavy atom. The Labute approximate surface area is 164 Å². The molecule has 0 radical (unpaired) electrons. The van der Waals surface area contributed by atoms with Gasteiger partial charge in [0.2, 0.25) is 5.43 Å². The molecule has 0 atom stereocenters. The summed E-state index contributed by atoms with van der Waals surface area (Å²) < 4.78 is 12.3. The van der Waals surface area contributed by atoms with Gasteiger partial charge in [-0.2, -0.15) is 0 Å². The third kappa shape index (κ3) is 2.97. The molecule has 0 saturated carbocycles. The number of aromatic hydroxyl groups is 1. The number of fused-ring (bicyclic) bond motifs is 2. The minimum Gasteiger partial charge on any atom is -0.507 e. The number of phenols is 1. The molecule has 28 heavy (non-hydrogen) atoms. The lowest BCUT2D eigenvalue weighted by molar-refractivity contribution is -0.921. The van der Waals surface area contributed by atoms with Crippen LogP contribution in [0.4, 0.5) is 0 Å². The highest BCUT2D eigenvalue weighted by molar-refractivity contribution is 7.21. The lowest BCUT2D eigenvalue weighted by atomic mass is 10.1. The van der Waals surface area contributed by atoms with Crippen molar-refractivity contribution in [1.29, 1.82) is 0 Å². The zero-order valence-corrected chi connectivity index (χ0v) is 15.9. The Hall–Kier alpha value is -2.74. The van der Waals surface area contributed by atoms with Crippen LogP contribution in [0.25, 0.3) is 31.8 Å². The van der Waals surface area contributed by atoms with Crippen molar-refractivity contribution >= 4 is 32.5 Å². The van der Waals surface area contributed by atoms with Crippen LogP contribution in [0.15, 0.2) is 51.9 Å². The van der Waals surface area contributed by atoms with E-state index in [2.05, 4.69) is 4.98 Å². The molecule has 2 N–H and O–H groups in total. The van der Waals surface area contributed by atoms with Crippen LogP contribution < -0.4 is 10.3 Å². The Kier molecular flexibility index (Phi) is 4.35. The van der Waals surface area contributed by atoms with Crippen LogP contribution in [0.1, 0.15) is 5.56 Å². The minimum atomic E-state index is -0.126. The number of nitrogens with zero attached hydrogens (tertiary/aromatic N) is 1. The molecule has 4 aromatic rings. The number of morpholine rings is 1. The van der Waals surface area contributed by atoms with Gasteiger partial charge in [0.15, 0.2) is 0 Å². The van der Waals surface area contributed by atoms with Crippen molar-refractivity contribution in [3.05, 3.63) is 58.4 Å². The average molecular weight is 395 g/mol. The van der Waals surface area contributed by atoms with Gasteiger partial charge >= 0.3 is 0 Å². The summed E-state index contributed by atoms with van der Waals surface area (Å²) in [6.45, 7) is 3.72. The molecule has 0 amide bonds. The van der Waals surface area contributed by atoms with Crippen LogP contribution in [0.3, 0.4) is 0 Å². The molecule has 0 spiro atoms. The van der Waals surface area contributed by atoms with Crippen LogP contribution in [-0.4, -0.2) is 36.4 Å². The quantitative estimate of drug-likeness (QED) is 0.556. The number of aromatic nitrogens is 1. The highest BCUT2D eigenvalue weighted by atomic mass is 32.1. The molecule has 1 aliphatic rings. The molecule has 1 saturated heterocycles. The molecule has 0 unspecified atom stereocenters. The number of rotatable bonds is 3. The van der Waals surface area contributed by atoms with Gasteiger partial charge in [-0.3, -0.25) is 4.79 Å². The Morgan fingerprint density at radius 3 is 2.79 bits per heavy atom. The van der Waals surface area contributed by atoms with Crippen LogP contribution in [-0.2, 0) is 11.3 Å². The normalized spacial score (nSPS) is 15.4. The lowest BCUT2D eigenvalue weighted by Gasteiger charge is -2.24.